The van der Waals surface area contributed by atoms with Crippen LogP contribution in [0.5, 0.6) is 0 Å². The molecule has 0 amide bonds. The van der Waals surface area contributed by atoms with Gasteiger partial charge in [0.05, 0.1) is 12.9 Å². The molecule has 0 aliphatic rings. The van der Waals surface area contributed by atoms with E-state index < -0.39 is 5.97 Å². The largest absolute Gasteiger partial charge is 0.502 e. The van der Waals surface area contributed by atoms with E-state index >= 15 is 0 Å². The highest BCUT2D eigenvalue weighted by Gasteiger charge is 1.94. The minimum Gasteiger partial charge on any atom is -0.502 e. The van der Waals surface area contributed by atoms with Crippen molar-refractivity contribution in [3.05, 3.63) is 12.3 Å². The fourth-order valence-electron chi connectivity index (χ4n) is 0.626. The van der Waals surface area contributed by atoms with Gasteiger partial charge in [-0.05, 0) is 19.8 Å². The number of carbonyl (C=O) groups is 1. The van der Waals surface area contributed by atoms with Gasteiger partial charge in [-0.3, -0.25) is 4.79 Å². The second kappa shape index (κ2) is 7.12. The number of carboxylic acids is 1. The first-order valence-electron chi connectivity index (χ1n) is 3.72. The highest BCUT2D eigenvalue weighted by Crippen LogP contribution is 1.95. The van der Waals surface area contributed by atoms with E-state index in [9.17, 15) is 4.79 Å². The molecule has 0 aromatic rings. The van der Waals surface area contributed by atoms with Crippen LogP contribution in [0.15, 0.2) is 12.3 Å². The molecular formula is C8H14O3. The fraction of sp³-hybridized carbons (Fsp3) is 0.625. The molecule has 64 valence electrons. The molecule has 3 heteroatoms. The first-order valence-corrected chi connectivity index (χ1v) is 3.72. The Morgan fingerprint density at radius 3 is 2.82 bits per heavy atom. The lowest BCUT2D eigenvalue weighted by Gasteiger charge is -1.97. The molecule has 0 unspecified atom stereocenters. The van der Waals surface area contributed by atoms with Crippen molar-refractivity contribution >= 4 is 5.97 Å². The van der Waals surface area contributed by atoms with Crippen molar-refractivity contribution in [3.8, 4) is 0 Å². The Hall–Kier alpha value is -0.990. The zero-order chi connectivity index (χ0) is 8.53. The summed E-state index contributed by atoms with van der Waals surface area (Å²) >= 11 is 0. The molecule has 0 heterocycles. The second-order valence-corrected chi connectivity index (χ2v) is 2.19. The van der Waals surface area contributed by atoms with Crippen molar-refractivity contribution in [1.29, 1.82) is 0 Å². The topological polar surface area (TPSA) is 46.5 Å². The maximum absolute atomic E-state index is 10.0. The van der Waals surface area contributed by atoms with E-state index in [2.05, 4.69) is 0 Å². The molecule has 0 bridgehead atoms. The fourth-order valence-corrected chi connectivity index (χ4v) is 0.626. The summed E-state index contributed by atoms with van der Waals surface area (Å²) in [7, 11) is 0. The van der Waals surface area contributed by atoms with Crippen LogP contribution in [0.4, 0.5) is 0 Å². The quantitative estimate of drug-likeness (QED) is 0.473. The van der Waals surface area contributed by atoms with Crippen LogP contribution in [-0.2, 0) is 9.53 Å². The molecule has 0 aromatic carbocycles. The van der Waals surface area contributed by atoms with Crippen molar-refractivity contribution in [2.24, 2.45) is 0 Å². The maximum Gasteiger partial charge on any atom is 0.303 e. The number of unbranched alkanes of at least 4 members (excludes halogenated alkanes) is 1. The monoisotopic (exact) mass is 158 g/mol. The number of hydrogen-bond donors (Lipinski definition) is 1. The van der Waals surface area contributed by atoms with Crippen molar-refractivity contribution < 1.29 is 14.6 Å². The van der Waals surface area contributed by atoms with E-state index in [-0.39, 0.29) is 6.42 Å². The lowest BCUT2D eigenvalue weighted by molar-refractivity contribution is -0.137. The van der Waals surface area contributed by atoms with Gasteiger partial charge in [-0.1, -0.05) is 6.08 Å². The Morgan fingerprint density at radius 1 is 1.55 bits per heavy atom. The van der Waals surface area contributed by atoms with Gasteiger partial charge in [0, 0.05) is 6.42 Å². The number of rotatable bonds is 6. The van der Waals surface area contributed by atoms with Gasteiger partial charge in [-0.25, -0.2) is 0 Å². The van der Waals surface area contributed by atoms with Gasteiger partial charge in [0.1, 0.15) is 0 Å². The summed E-state index contributed by atoms with van der Waals surface area (Å²) in [4.78, 5) is 10.0. The summed E-state index contributed by atoms with van der Waals surface area (Å²) in [5.74, 6) is -0.740. The molecule has 0 saturated carbocycles. The van der Waals surface area contributed by atoms with Gasteiger partial charge in [0.2, 0.25) is 0 Å². The van der Waals surface area contributed by atoms with Crippen LogP contribution >= 0.6 is 0 Å². The second-order valence-electron chi connectivity index (χ2n) is 2.19. The molecule has 0 radical (unpaired) electrons. The molecule has 0 saturated heterocycles. The van der Waals surface area contributed by atoms with E-state index in [1.54, 1.807) is 12.3 Å². The molecule has 11 heavy (non-hydrogen) atoms. The third-order valence-corrected chi connectivity index (χ3v) is 1.14. The average molecular weight is 158 g/mol. The van der Waals surface area contributed by atoms with Gasteiger partial charge >= 0.3 is 5.97 Å². The smallest absolute Gasteiger partial charge is 0.303 e. The Morgan fingerprint density at radius 2 is 2.27 bits per heavy atom. The highest BCUT2D eigenvalue weighted by atomic mass is 16.5. The van der Waals surface area contributed by atoms with Crippen molar-refractivity contribution in [1.82, 2.24) is 0 Å². The highest BCUT2D eigenvalue weighted by molar-refractivity contribution is 5.66. The molecule has 0 aliphatic carbocycles. The SMILES string of the molecule is CC=COCCCCC(=O)O. The number of aliphatic carboxylic acids is 1. The first-order chi connectivity index (χ1) is 5.27. The molecule has 0 aliphatic heterocycles. The summed E-state index contributed by atoms with van der Waals surface area (Å²) in [6, 6.07) is 0. The van der Waals surface area contributed by atoms with Gasteiger partial charge < -0.3 is 9.84 Å². The summed E-state index contributed by atoms with van der Waals surface area (Å²) in [6.07, 6.45) is 5.14. The minimum atomic E-state index is -0.740. The van der Waals surface area contributed by atoms with Crippen LogP contribution in [-0.4, -0.2) is 17.7 Å². The van der Waals surface area contributed by atoms with Gasteiger partial charge in [-0.2, -0.15) is 0 Å². The summed E-state index contributed by atoms with van der Waals surface area (Å²) in [5, 5.41) is 8.26. The Kier molecular flexibility index (Phi) is 6.48. The maximum atomic E-state index is 10.0. The zero-order valence-corrected chi connectivity index (χ0v) is 6.75. The molecule has 0 atom stereocenters. The summed E-state index contributed by atoms with van der Waals surface area (Å²) < 4.78 is 4.99. The molecule has 0 fully saturated rings. The molecule has 0 spiro atoms. The standard InChI is InChI=1S/C8H14O3/c1-2-6-11-7-4-3-5-8(9)10/h2,6H,3-5,7H2,1H3,(H,9,10). The number of allylic oxidation sites excluding steroid dienone is 1. The Bertz CT molecular complexity index is 129. The van der Waals surface area contributed by atoms with Crippen molar-refractivity contribution in [3.63, 3.8) is 0 Å². The molecule has 3 nitrogen and oxygen atoms in total. The van der Waals surface area contributed by atoms with E-state index in [1.165, 1.54) is 0 Å². The van der Waals surface area contributed by atoms with E-state index in [4.69, 9.17) is 9.84 Å². The van der Waals surface area contributed by atoms with E-state index in [0.717, 1.165) is 6.42 Å². The number of ether oxygens (including phenoxy) is 1. The third kappa shape index (κ3) is 9.01. The van der Waals surface area contributed by atoms with E-state index in [1.807, 2.05) is 6.92 Å². The van der Waals surface area contributed by atoms with Crippen LogP contribution in [0.2, 0.25) is 0 Å². The zero-order valence-electron chi connectivity index (χ0n) is 6.75. The van der Waals surface area contributed by atoms with Crippen molar-refractivity contribution in [2.45, 2.75) is 26.2 Å². The Balaban J connectivity index is 2.96. The normalized spacial score (nSPS) is 10.3. The predicted molar refractivity (Wildman–Crippen MR) is 42.3 cm³/mol. The molecule has 0 rings (SSSR count). The summed E-state index contributed by atoms with van der Waals surface area (Å²) in [6.45, 7) is 2.48. The number of carboxylic acid groups (broad SMARTS) is 1. The first kappa shape index (κ1) is 10.0. The lowest BCUT2D eigenvalue weighted by atomic mass is 10.2. The van der Waals surface area contributed by atoms with Crippen LogP contribution in [0, 0.1) is 0 Å². The van der Waals surface area contributed by atoms with E-state index in [0.29, 0.717) is 13.0 Å². The van der Waals surface area contributed by atoms with Crippen LogP contribution in [0.1, 0.15) is 26.2 Å². The number of hydrogen-bond acceptors (Lipinski definition) is 2. The lowest BCUT2D eigenvalue weighted by Crippen LogP contribution is -1.95. The van der Waals surface area contributed by atoms with Crippen molar-refractivity contribution in [2.75, 3.05) is 6.61 Å². The summed E-state index contributed by atoms with van der Waals surface area (Å²) in [5.41, 5.74) is 0. The van der Waals surface area contributed by atoms with Crippen LogP contribution in [0.25, 0.3) is 0 Å². The van der Waals surface area contributed by atoms with Crippen LogP contribution in [0.3, 0.4) is 0 Å². The average Bonchev–Trinajstić information content (AvgIpc) is 1.96. The minimum absolute atomic E-state index is 0.235. The predicted octanol–water partition coefficient (Wildman–Crippen LogP) is 1.79. The van der Waals surface area contributed by atoms with Crippen LogP contribution < -0.4 is 0 Å². The molecular weight excluding hydrogens is 144 g/mol. The van der Waals surface area contributed by atoms with Gasteiger partial charge in [0.25, 0.3) is 0 Å². The Labute approximate surface area is 66.7 Å². The third-order valence-electron chi connectivity index (χ3n) is 1.14. The molecule has 1 N–H and O–H groups in total. The van der Waals surface area contributed by atoms with Gasteiger partial charge in [-0.15, -0.1) is 0 Å². The molecule has 0 aromatic heterocycles. The van der Waals surface area contributed by atoms with Gasteiger partial charge in [0.15, 0.2) is 0 Å².